The van der Waals surface area contributed by atoms with Gasteiger partial charge in [-0.3, -0.25) is 14.6 Å². The molecule has 0 atom stereocenters. The third-order valence-corrected chi connectivity index (χ3v) is 5.41. The number of hydrogen-bond acceptors (Lipinski definition) is 5. The number of primary amides is 1. The highest BCUT2D eigenvalue weighted by Crippen LogP contribution is 2.29. The van der Waals surface area contributed by atoms with Crippen LogP contribution in [0, 0.1) is 0 Å². The van der Waals surface area contributed by atoms with Crippen LogP contribution in [0.25, 0.3) is 10.9 Å². The molecule has 158 valence electrons. The van der Waals surface area contributed by atoms with Gasteiger partial charge in [0, 0.05) is 22.3 Å². The van der Waals surface area contributed by atoms with E-state index < -0.39 is 24.4 Å². The number of esters is 1. The molecule has 0 radical (unpaired) electrons. The number of ether oxygens (including phenoxy) is 1. The van der Waals surface area contributed by atoms with Crippen molar-refractivity contribution in [2.24, 2.45) is 5.73 Å². The maximum Gasteiger partial charge on any atom is 0.339 e. The van der Waals surface area contributed by atoms with E-state index in [-0.39, 0.29) is 0 Å². The number of aromatic nitrogens is 1. The molecule has 0 saturated carbocycles. The third-order valence-electron chi connectivity index (χ3n) is 5.41. The van der Waals surface area contributed by atoms with Crippen LogP contribution in [0.1, 0.15) is 51.2 Å². The fourth-order valence-corrected chi connectivity index (χ4v) is 3.90. The van der Waals surface area contributed by atoms with Gasteiger partial charge in [0.25, 0.3) is 5.91 Å². The van der Waals surface area contributed by atoms with Crippen molar-refractivity contribution in [2.45, 2.75) is 32.1 Å². The molecule has 2 amide bonds. The van der Waals surface area contributed by atoms with Gasteiger partial charge in [0.2, 0.25) is 5.91 Å². The first-order valence-corrected chi connectivity index (χ1v) is 10.3. The number of nitrogens with zero attached hydrogens (tertiary/aromatic N) is 1. The Morgan fingerprint density at radius 2 is 1.71 bits per heavy atom. The van der Waals surface area contributed by atoms with Gasteiger partial charge in [0.15, 0.2) is 6.61 Å². The molecule has 2 aromatic carbocycles. The maximum atomic E-state index is 13.0. The molecular formula is C24H23N3O4. The van der Waals surface area contributed by atoms with Crippen molar-refractivity contribution in [3.63, 3.8) is 0 Å². The molecule has 0 fully saturated rings. The zero-order valence-electron chi connectivity index (χ0n) is 17.0. The lowest BCUT2D eigenvalue weighted by Gasteiger charge is -2.15. The first-order valence-electron chi connectivity index (χ1n) is 10.3. The predicted molar refractivity (Wildman–Crippen MR) is 117 cm³/mol. The Morgan fingerprint density at radius 1 is 0.968 bits per heavy atom. The van der Waals surface area contributed by atoms with Gasteiger partial charge in [-0.05, 0) is 61.6 Å². The zero-order chi connectivity index (χ0) is 21.8. The Balaban J connectivity index is 1.51. The van der Waals surface area contributed by atoms with Gasteiger partial charge in [0.05, 0.1) is 11.1 Å². The summed E-state index contributed by atoms with van der Waals surface area (Å²) in [6.07, 6.45) is 4.75. The van der Waals surface area contributed by atoms with Gasteiger partial charge in [-0.25, -0.2) is 4.79 Å². The predicted octanol–water partition coefficient (Wildman–Crippen LogP) is 3.40. The number of carbonyl (C=O) groups excluding carboxylic acids is 3. The molecule has 1 aliphatic rings. The van der Waals surface area contributed by atoms with Crippen LogP contribution in [0.4, 0.5) is 5.69 Å². The highest BCUT2D eigenvalue weighted by Gasteiger charge is 2.23. The van der Waals surface area contributed by atoms with E-state index in [4.69, 9.17) is 15.5 Å². The van der Waals surface area contributed by atoms with Crippen molar-refractivity contribution < 1.29 is 19.1 Å². The fourth-order valence-electron chi connectivity index (χ4n) is 3.90. The van der Waals surface area contributed by atoms with E-state index in [0.29, 0.717) is 16.8 Å². The average Bonchev–Trinajstić information content (AvgIpc) is 3.01. The molecular weight excluding hydrogens is 394 g/mol. The Hall–Kier alpha value is -3.74. The van der Waals surface area contributed by atoms with Crippen LogP contribution >= 0.6 is 0 Å². The molecule has 0 aliphatic heterocycles. The quantitative estimate of drug-likeness (QED) is 0.488. The Bertz CT molecular complexity index is 1160. The Labute approximate surface area is 179 Å². The second kappa shape index (κ2) is 8.95. The van der Waals surface area contributed by atoms with E-state index in [1.54, 1.807) is 12.1 Å². The number of nitrogens with two attached hydrogens (primary N) is 1. The van der Waals surface area contributed by atoms with Gasteiger partial charge in [-0.1, -0.05) is 24.6 Å². The summed E-state index contributed by atoms with van der Waals surface area (Å²) in [4.78, 5) is 41.2. The number of hydrogen-bond donors (Lipinski definition) is 2. The fraction of sp³-hybridized carbons (Fsp3) is 0.250. The van der Waals surface area contributed by atoms with Gasteiger partial charge >= 0.3 is 5.97 Å². The maximum absolute atomic E-state index is 13.0. The van der Waals surface area contributed by atoms with E-state index >= 15 is 0 Å². The second-order valence-corrected chi connectivity index (χ2v) is 7.56. The van der Waals surface area contributed by atoms with E-state index in [1.807, 2.05) is 24.3 Å². The molecule has 0 spiro atoms. The van der Waals surface area contributed by atoms with Crippen LogP contribution in [-0.4, -0.2) is 29.4 Å². The van der Waals surface area contributed by atoms with Crippen LogP contribution in [0.3, 0.4) is 0 Å². The highest BCUT2D eigenvalue weighted by molar-refractivity contribution is 6.06. The summed E-state index contributed by atoms with van der Waals surface area (Å²) in [6.45, 7) is -0.415. The molecule has 1 aliphatic carbocycles. The van der Waals surface area contributed by atoms with E-state index in [9.17, 15) is 14.4 Å². The summed E-state index contributed by atoms with van der Waals surface area (Å²) in [7, 11) is 0. The number of anilines is 1. The summed E-state index contributed by atoms with van der Waals surface area (Å²) < 4.78 is 5.39. The summed E-state index contributed by atoms with van der Waals surface area (Å²) >= 11 is 0. The number of amides is 2. The second-order valence-electron chi connectivity index (χ2n) is 7.56. The SMILES string of the molecule is NC(=O)c1ccc(NC(=O)COC(=O)c2c3c(nc4ccccc24)CCCCC3)cc1. The van der Waals surface area contributed by atoms with Gasteiger partial charge < -0.3 is 15.8 Å². The molecule has 0 bridgehead atoms. The summed E-state index contributed by atoms with van der Waals surface area (Å²) in [5.74, 6) is -1.53. The zero-order valence-corrected chi connectivity index (χ0v) is 17.0. The van der Waals surface area contributed by atoms with E-state index in [2.05, 4.69) is 5.32 Å². The normalized spacial score (nSPS) is 13.2. The molecule has 31 heavy (non-hydrogen) atoms. The number of rotatable bonds is 5. The molecule has 7 heteroatoms. The third kappa shape index (κ3) is 4.55. The molecule has 0 saturated heterocycles. The average molecular weight is 417 g/mol. The smallest absolute Gasteiger partial charge is 0.339 e. The Morgan fingerprint density at radius 3 is 2.48 bits per heavy atom. The highest BCUT2D eigenvalue weighted by atomic mass is 16.5. The number of pyridine rings is 1. The monoisotopic (exact) mass is 417 g/mol. The summed E-state index contributed by atoms with van der Waals surface area (Å²) in [5.41, 5.74) is 9.19. The van der Waals surface area contributed by atoms with Crippen molar-refractivity contribution in [2.75, 3.05) is 11.9 Å². The summed E-state index contributed by atoms with van der Waals surface area (Å²) in [6, 6.07) is 13.7. The number of benzene rings is 2. The first-order chi connectivity index (χ1) is 15.0. The molecule has 7 nitrogen and oxygen atoms in total. The number of aryl methyl sites for hydroxylation is 1. The van der Waals surface area contributed by atoms with Gasteiger partial charge in [0.1, 0.15) is 0 Å². The minimum absolute atomic E-state index is 0.342. The van der Waals surface area contributed by atoms with Crippen molar-refractivity contribution in [3.05, 3.63) is 70.9 Å². The van der Waals surface area contributed by atoms with Gasteiger partial charge in [-0.15, -0.1) is 0 Å². The molecule has 3 aromatic rings. The molecule has 4 rings (SSSR count). The van der Waals surface area contributed by atoms with Crippen LogP contribution in [-0.2, 0) is 22.4 Å². The lowest BCUT2D eigenvalue weighted by molar-refractivity contribution is -0.119. The first kappa shape index (κ1) is 20.5. The van der Waals surface area contributed by atoms with Crippen LogP contribution in [0.5, 0.6) is 0 Å². The molecule has 1 aromatic heterocycles. The lowest BCUT2D eigenvalue weighted by Crippen LogP contribution is -2.22. The minimum Gasteiger partial charge on any atom is -0.452 e. The van der Waals surface area contributed by atoms with Crippen LogP contribution in [0.15, 0.2) is 48.5 Å². The van der Waals surface area contributed by atoms with Crippen molar-refractivity contribution in [1.29, 1.82) is 0 Å². The number of nitrogens with one attached hydrogen (secondary N) is 1. The van der Waals surface area contributed by atoms with Crippen molar-refractivity contribution in [1.82, 2.24) is 4.98 Å². The van der Waals surface area contributed by atoms with Crippen molar-refractivity contribution >= 4 is 34.4 Å². The largest absolute Gasteiger partial charge is 0.452 e. The topological polar surface area (TPSA) is 111 Å². The molecule has 1 heterocycles. The molecule has 3 N–H and O–H groups in total. The standard InChI is InChI=1S/C24H23N3O4/c25-23(29)15-10-12-16(13-11-15)26-21(28)14-31-24(30)22-17-6-2-1-3-8-19(17)27-20-9-5-4-7-18(20)22/h4-5,7,9-13H,1-3,6,8,14H2,(H2,25,29)(H,26,28). The summed E-state index contributed by atoms with van der Waals surface area (Å²) in [5, 5.41) is 3.39. The lowest BCUT2D eigenvalue weighted by atomic mass is 9.97. The van der Waals surface area contributed by atoms with Crippen LogP contribution in [0.2, 0.25) is 0 Å². The van der Waals surface area contributed by atoms with E-state index in [0.717, 1.165) is 54.3 Å². The van der Waals surface area contributed by atoms with Crippen LogP contribution < -0.4 is 11.1 Å². The van der Waals surface area contributed by atoms with Gasteiger partial charge in [-0.2, -0.15) is 0 Å². The van der Waals surface area contributed by atoms with E-state index in [1.165, 1.54) is 12.1 Å². The number of fused-ring (bicyclic) bond motifs is 2. The number of carbonyl (C=O) groups is 3. The molecule has 0 unspecified atom stereocenters. The Kier molecular flexibility index (Phi) is 5.93. The van der Waals surface area contributed by atoms with Crippen molar-refractivity contribution in [3.8, 4) is 0 Å². The number of para-hydroxylation sites is 1. The minimum atomic E-state index is -0.546.